The molecule has 0 saturated carbocycles. The predicted molar refractivity (Wildman–Crippen MR) is 75.4 cm³/mol. The van der Waals surface area contributed by atoms with E-state index in [0.29, 0.717) is 12.5 Å². The van der Waals surface area contributed by atoms with Crippen molar-refractivity contribution >= 4 is 11.5 Å². The third-order valence-corrected chi connectivity index (χ3v) is 3.75. The summed E-state index contributed by atoms with van der Waals surface area (Å²) in [5.41, 5.74) is 5.13. The van der Waals surface area contributed by atoms with Gasteiger partial charge in [-0.3, -0.25) is 14.3 Å². The summed E-state index contributed by atoms with van der Waals surface area (Å²) in [6.07, 6.45) is 1.12. The third kappa shape index (κ3) is 2.81. The Labute approximate surface area is 111 Å². The van der Waals surface area contributed by atoms with Gasteiger partial charge in [0.15, 0.2) is 0 Å². The first-order chi connectivity index (χ1) is 9.02. The van der Waals surface area contributed by atoms with E-state index in [1.54, 1.807) is 0 Å². The molecule has 1 aliphatic heterocycles. The van der Waals surface area contributed by atoms with Crippen molar-refractivity contribution < 1.29 is 0 Å². The summed E-state index contributed by atoms with van der Waals surface area (Å²) in [5, 5.41) is 3.08. The fourth-order valence-corrected chi connectivity index (χ4v) is 2.42. The molecule has 1 aromatic heterocycles. The van der Waals surface area contributed by atoms with Gasteiger partial charge in [-0.1, -0.05) is 6.92 Å². The van der Waals surface area contributed by atoms with E-state index < -0.39 is 11.2 Å². The normalized spacial score (nSPS) is 19.8. The van der Waals surface area contributed by atoms with E-state index in [-0.39, 0.29) is 11.5 Å². The van der Waals surface area contributed by atoms with E-state index in [1.165, 1.54) is 11.6 Å². The molecular weight excluding hydrogens is 246 g/mol. The van der Waals surface area contributed by atoms with Gasteiger partial charge in [0.1, 0.15) is 11.5 Å². The average molecular weight is 267 g/mol. The van der Waals surface area contributed by atoms with Crippen LogP contribution in [0.4, 0.5) is 11.5 Å². The zero-order chi connectivity index (χ0) is 14.0. The maximum Gasteiger partial charge on any atom is 0.329 e. The molecule has 7 heteroatoms. The number of hydrogen-bond acceptors (Lipinski definition) is 5. The number of nitrogens with zero attached hydrogens (tertiary/aromatic N) is 2. The van der Waals surface area contributed by atoms with Gasteiger partial charge in [-0.15, -0.1) is 0 Å². The first-order valence-electron chi connectivity index (χ1n) is 6.58. The SMILES string of the molecule is CCN1CCC(CNc2c(N)n(C)c(=O)[nH]c2=O)C1. The second kappa shape index (κ2) is 5.48. The van der Waals surface area contributed by atoms with Crippen LogP contribution in [-0.4, -0.2) is 40.6 Å². The van der Waals surface area contributed by atoms with Gasteiger partial charge in [0.25, 0.3) is 5.56 Å². The van der Waals surface area contributed by atoms with Crippen molar-refractivity contribution in [1.82, 2.24) is 14.5 Å². The Hall–Kier alpha value is -1.76. The number of H-pyrrole nitrogens is 1. The number of likely N-dealkylation sites (tertiary alicyclic amines) is 1. The van der Waals surface area contributed by atoms with Gasteiger partial charge in [0.2, 0.25) is 0 Å². The molecule has 1 aromatic rings. The highest BCUT2D eigenvalue weighted by atomic mass is 16.2. The molecule has 1 saturated heterocycles. The topological polar surface area (TPSA) is 96.2 Å². The Bertz CT molecular complexity index is 562. The average Bonchev–Trinajstić information content (AvgIpc) is 2.84. The summed E-state index contributed by atoms with van der Waals surface area (Å²) in [6.45, 7) is 6.03. The minimum absolute atomic E-state index is 0.180. The van der Waals surface area contributed by atoms with Crippen LogP contribution in [0.5, 0.6) is 0 Å². The highest BCUT2D eigenvalue weighted by molar-refractivity contribution is 5.60. The van der Waals surface area contributed by atoms with E-state index in [4.69, 9.17) is 5.73 Å². The van der Waals surface area contributed by atoms with E-state index in [9.17, 15) is 9.59 Å². The van der Waals surface area contributed by atoms with Crippen molar-refractivity contribution in [2.24, 2.45) is 13.0 Å². The lowest BCUT2D eigenvalue weighted by Crippen LogP contribution is -2.33. The number of anilines is 2. The van der Waals surface area contributed by atoms with Crippen molar-refractivity contribution in [2.75, 3.05) is 37.2 Å². The number of aromatic amines is 1. The highest BCUT2D eigenvalue weighted by Crippen LogP contribution is 2.17. The van der Waals surface area contributed by atoms with Gasteiger partial charge in [0, 0.05) is 20.1 Å². The van der Waals surface area contributed by atoms with Crippen LogP contribution < -0.4 is 22.3 Å². The molecule has 7 nitrogen and oxygen atoms in total. The fraction of sp³-hybridized carbons (Fsp3) is 0.667. The number of nitrogen functional groups attached to an aromatic ring is 1. The van der Waals surface area contributed by atoms with Gasteiger partial charge < -0.3 is 16.0 Å². The zero-order valence-electron chi connectivity index (χ0n) is 11.4. The van der Waals surface area contributed by atoms with Crippen molar-refractivity contribution in [3.05, 3.63) is 20.8 Å². The number of nitrogens with two attached hydrogens (primary N) is 1. The first-order valence-corrected chi connectivity index (χ1v) is 6.58. The van der Waals surface area contributed by atoms with Crippen molar-refractivity contribution in [2.45, 2.75) is 13.3 Å². The van der Waals surface area contributed by atoms with Gasteiger partial charge in [0.05, 0.1) is 0 Å². The molecule has 2 rings (SSSR count). The Kier molecular flexibility index (Phi) is 3.94. The van der Waals surface area contributed by atoms with Crippen LogP contribution in [0.2, 0.25) is 0 Å². The molecular formula is C12H21N5O2. The molecule has 1 fully saturated rings. The van der Waals surface area contributed by atoms with E-state index >= 15 is 0 Å². The summed E-state index contributed by atoms with van der Waals surface area (Å²) >= 11 is 0. The van der Waals surface area contributed by atoms with Crippen LogP contribution in [0.3, 0.4) is 0 Å². The maximum absolute atomic E-state index is 11.7. The maximum atomic E-state index is 11.7. The monoisotopic (exact) mass is 267 g/mol. The first kappa shape index (κ1) is 13.7. The van der Waals surface area contributed by atoms with E-state index in [2.05, 4.69) is 22.1 Å². The number of nitrogens with one attached hydrogen (secondary N) is 2. The fourth-order valence-electron chi connectivity index (χ4n) is 2.42. The van der Waals surface area contributed by atoms with Gasteiger partial charge >= 0.3 is 5.69 Å². The summed E-state index contributed by atoms with van der Waals surface area (Å²) in [4.78, 5) is 27.7. The van der Waals surface area contributed by atoms with Crippen LogP contribution >= 0.6 is 0 Å². The molecule has 0 bridgehead atoms. The van der Waals surface area contributed by atoms with Gasteiger partial charge in [-0.2, -0.15) is 0 Å². The van der Waals surface area contributed by atoms with Crippen LogP contribution in [0.15, 0.2) is 9.59 Å². The van der Waals surface area contributed by atoms with Crippen molar-refractivity contribution in [1.29, 1.82) is 0 Å². The number of hydrogen-bond donors (Lipinski definition) is 3. The highest BCUT2D eigenvalue weighted by Gasteiger charge is 2.21. The minimum atomic E-state index is -0.494. The van der Waals surface area contributed by atoms with Crippen LogP contribution in [0, 0.1) is 5.92 Å². The van der Waals surface area contributed by atoms with Crippen LogP contribution in [-0.2, 0) is 7.05 Å². The lowest BCUT2D eigenvalue weighted by Gasteiger charge is -2.15. The predicted octanol–water partition coefficient (Wildman–Crippen LogP) is -0.590. The van der Waals surface area contributed by atoms with E-state index in [0.717, 1.165) is 26.1 Å². The third-order valence-electron chi connectivity index (χ3n) is 3.75. The lowest BCUT2D eigenvalue weighted by atomic mass is 10.1. The minimum Gasteiger partial charge on any atom is -0.383 e. The largest absolute Gasteiger partial charge is 0.383 e. The standard InChI is InChI=1S/C12H21N5O2/c1-3-17-5-4-8(7-17)6-14-9-10(13)16(2)12(19)15-11(9)18/h8,14H,3-7,13H2,1-2H3,(H,15,18,19). The second-order valence-electron chi connectivity index (χ2n) is 5.01. The molecule has 0 amide bonds. The molecule has 0 spiro atoms. The smallest absolute Gasteiger partial charge is 0.329 e. The molecule has 19 heavy (non-hydrogen) atoms. The molecule has 1 atom stereocenters. The summed E-state index contributed by atoms with van der Waals surface area (Å²) in [7, 11) is 1.53. The van der Waals surface area contributed by atoms with Crippen molar-refractivity contribution in [3.8, 4) is 0 Å². The Morgan fingerprint density at radius 3 is 2.84 bits per heavy atom. The number of aromatic nitrogens is 2. The summed E-state index contributed by atoms with van der Waals surface area (Å²) in [6, 6.07) is 0. The number of rotatable bonds is 4. The quantitative estimate of drug-likeness (QED) is 0.677. The van der Waals surface area contributed by atoms with Gasteiger partial charge in [-0.25, -0.2) is 4.79 Å². The van der Waals surface area contributed by atoms with E-state index in [1.807, 2.05) is 0 Å². The Morgan fingerprint density at radius 1 is 1.47 bits per heavy atom. The van der Waals surface area contributed by atoms with Crippen molar-refractivity contribution in [3.63, 3.8) is 0 Å². The summed E-state index contributed by atoms with van der Waals surface area (Å²) < 4.78 is 1.23. The van der Waals surface area contributed by atoms with Gasteiger partial charge in [-0.05, 0) is 25.4 Å². The molecule has 4 N–H and O–H groups in total. The van der Waals surface area contributed by atoms with Crippen LogP contribution in [0.1, 0.15) is 13.3 Å². The molecule has 0 radical (unpaired) electrons. The molecule has 0 aliphatic carbocycles. The summed E-state index contributed by atoms with van der Waals surface area (Å²) in [5.74, 6) is 0.690. The molecule has 1 aliphatic rings. The molecule has 2 heterocycles. The molecule has 1 unspecified atom stereocenters. The lowest BCUT2D eigenvalue weighted by molar-refractivity contribution is 0.345. The molecule has 106 valence electrons. The van der Waals surface area contributed by atoms with Crippen LogP contribution in [0.25, 0.3) is 0 Å². The zero-order valence-corrected chi connectivity index (χ0v) is 11.4. The second-order valence-corrected chi connectivity index (χ2v) is 5.01. The Morgan fingerprint density at radius 2 is 2.21 bits per heavy atom. The molecule has 0 aromatic carbocycles. The Balaban J connectivity index is 2.07.